The molecule has 0 aliphatic carbocycles. The van der Waals surface area contributed by atoms with E-state index < -0.39 is 4.92 Å². The molecule has 0 fully saturated rings. The van der Waals surface area contributed by atoms with Gasteiger partial charge >= 0.3 is 5.82 Å². The fourth-order valence-corrected chi connectivity index (χ4v) is 1.60. The SMILES string of the molecule is O=[N+]([O-])c1ncccc1OCCOc1ccc(Cl)cc1. The highest BCUT2D eigenvalue weighted by molar-refractivity contribution is 6.30. The maximum Gasteiger partial charge on any atom is 0.406 e. The quantitative estimate of drug-likeness (QED) is 0.465. The molecule has 0 unspecified atom stereocenters. The van der Waals surface area contributed by atoms with Gasteiger partial charge in [0, 0.05) is 5.02 Å². The van der Waals surface area contributed by atoms with Crippen LogP contribution >= 0.6 is 11.6 Å². The highest BCUT2D eigenvalue weighted by Crippen LogP contribution is 2.22. The van der Waals surface area contributed by atoms with Gasteiger partial charge in [0.2, 0.25) is 5.75 Å². The molecule has 0 N–H and O–H groups in total. The molecular weight excluding hydrogens is 284 g/mol. The highest BCUT2D eigenvalue weighted by atomic mass is 35.5. The molecule has 0 radical (unpaired) electrons. The number of hydrogen-bond donors (Lipinski definition) is 0. The van der Waals surface area contributed by atoms with Crippen LogP contribution in [0.2, 0.25) is 5.02 Å². The van der Waals surface area contributed by atoms with E-state index in [-0.39, 0.29) is 24.8 Å². The summed E-state index contributed by atoms with van der Waals surface area (Å²) in [7, 11) is 0. The van der Waals surface area contributed by atoms with Gasteiger partial charge in [0.25, 0.3) is 0 Å². The Morgan fingerprint density at radius 3 is 2.55 bits per heavy atom. The van der Waals surface area contributed by atoms with Gasteiger partial charge in [0.1, 0.15) is 25.2 Å². The summed E-state index contributed by atoms with van der Waals surface area (Å²) in [5.74, 6) is 0.467. The largest absolute Gasteiger partial charge is 0.490 e. The molecule has 2 aromatic rings. The lowest BCUT2D eigenvalue weighted by atomic mass is 10.3. The van der Waals surface area contributed by atoms with E-state index in [4.69, 9.17) is 21.1 Å². The van der Waals surface area contributed by atoms with E-state index in [2.05, 4.69) is 4.98 Å². The van der Waals surface area contributed by atoms with Crippen molar-refractivity contribution in [3.05, 3.63) is 57.7 Å². The fourth-order valence-electron chi connectivity index (χ4n) is 1.47. The lowest BCUT2D eigenvalue weighted by Crippen LogP contribution is -2.10. The molecule has 2 rings (SSSR count). The molecular formula is C13H11ClN2O4. The van der Waals surface area contributed by atoms with Gasteiger partial charge in [-0.3, -0.25) is 0 Å². The Bertz CT molecular complexity index is 589. The number of hydrogen-bond acceptors (Lipinski definition) is 5. The Balaban J connectivity index is 1.84. The lowest BCUT2D eigenvalue weighted by Gasteiger charge is -2.08. The minimum Gasteiger partial charge on any atom is -0.490 e. The van der Waals surface area contributed by atoms with E-state index in [1.165, 1.54) is 12.3 Å². The van der Waals surface area contributed by atoms with Crippen LogP contribution in [0.5, 0.6) is 11.5 Å². The van der Waals surface area contributed by atoms with Gasteiger partial charge in [-0.05, 0) is 46.3 Å². The van der Waals surface area contributed by atoms with Crippen molar-refractivity contribution in [1.82, 2.24) is 4.98 Å². The first-order chi connectivity index (χ1) is 9.66. The summed E-state index contributed by atoms with van der Waals surface area (Å²) < 4.78 is 10.7. The predicted molar refractivity (Wildman–Crippen MR) is 73.3 cm³/mol. The van der Waals surface area contributed by atoms with Crippen LogP contribution in [0.15, 0.2) is 42.6 Å². The first kappa shape index (κ1) is 14.1. The molecule has 0 bridgehead atoms. The average Bonchev–Trinajstić information content (AvgIpc) is 2.46. The van der Waals surface area contributed by atoms with Crippen molar-refractivity contribution in [3.8, 4) is 11.5 Å². The number of pyridine rings is 1. The van der Waals surface area contributed by atoms with Crippen LogP contribution in [0.1, 0.15) is 0 Å². The molecule has 0 atom stereocenters. The Hall–Kier alpha value is -2.34. The predicted octanol–water partition coefficient (Wildman–Crippen LogP) is 3.10. The Kier molecular flexibility index (Phi) is 4.73. The van der Waals surface area contributed by atoms with E-state index >= 15 is 0 Å². The van der Waals surface area contributed by atoms with Crippen LogP contribution in [-0.2, 0) is 0 Å². The summed E-state index contributed by atoms with van der Waals surface area (Å²) in [6.45, 7) is 0.433. The van der Waals surface area contributed by atoms with Crippen molar-refractivity contribution in [2.75, 3.05) is 13.2 Å². The third-order valence-corrected chi connectivity index (χ3v) is 2.60. The minimum atomic E-state index is -0.588. The number of halogens is 1. The van der Waals surface area contributed by atoms with Crippen LogP contribution in [0, 0.1) is 10.1 Å². The third-order valence-electron chi connectivity index (χ3n) is 2.35. The zero-order valence-electron chi connectivity index (χ0n) is 10.4. The normalized spacial score (nSPS) is 10.1. The van der Waals surface area contributed by atoms with Gasteiger partial charge < -0.3 is 19.6 Å². The molecule has 104 valence electrons. The van der Waals surface area contributed by atoms with E-state index in [1.807, 2.05) is 0 Å². The van der Waals surface area contributed by atoms with Crippen molar-refractivity contribution in [2.24, 2.45) is 0 Å². The maximum atomic E-state index is 10.7. The summed E-state index contributed by atoms with van der Waals surface area (Å²) in [5, 5.41) is 11.4. The van der Waals surface area contributed by atoms with Gasteiger partial charge in [-0.2, -0.15) is 0 Å². The third kappa shape index (κ3) is 3.83. The number of benzene rings is 1. The van der Waals surface area contributed by atoms with E-state index in [1.54, 1.807) is 30.3 Å². The zero-order valence-corrected chi connectivity index (χ0v) is 11.1. The van der Waals surface area contributed by atoms with Gasteiger partial charge in [-0.25, -0.2) is 0 Å². The van der Waals surface area contributed by atoms with Gasteiger partial charge in [0.05, 0.1) is 0 Å². The Labute approximate surface area is 120 Å². The van der Waals surface area contributed by atoms with E-state index in [9.17, 15) is 10.1 Å². The van der Waals surface area contributed by atoms with Crippen LogP contribution < -0.4 is 9.47 Å². The van der Waals surface area contributed by atoms with Crippen LogP contribution in [0.4, 0.5) is 5.82 Å². The van der Waals surface area contributed by atoms with Crippen LogP contribution in [0.25, 0.3) is 0 Å². The Morgan fingerprint density at radius 2 is 1.85 bits per heavy atom. The fraction of sp³-hybridized carbons (Fsp3) is 0.154. The summed E-state index contributed by atoms with van der Waals surface area (Å²) in [5.41, 5.74) is 0. The Morgan fingerprint density at radius 1 is 1.15 bits per heavy atom. The molecule has 0 aliphatic rings. The van der Waals surface area contributed by atoms with Gasteiger partial charge in [0.15, 0.2) is 0 Å². The molecule has 0 amide bonds. The smallest absolute Gasteiger partial charge is 0.406 e. The summed E-state index contributed by atoms with van der Waals surface area (Å²) in [6, 6.07) is 9.95. The standard InChI is InChI=1S/C13H11ClN2O4/c14-10-3-5-11(6-4-10)19-8-9-20-12-2-1-7-15-13(12)16(17)18/h1-7H,8-9H2. The number of ether oxygens (including phenoxy) is 2. The first-order valence-electron chi connectivity index (χ1n) is 5.77. The molecule has 1 heterocycles. The molecule has 1 aromatic carbocycles. The van der Waals surface area contributed by atoms with Crippen molar-refractivity contribution < 1.29 is 14.4 Å². The van der Waals surface area contributed by atoms with Crippen molar-refractivity contribution >= 4 is 17.4 Å². The molecule has 0 saturated carbocycles. The second-order valence-electron chi connectivity index (χ2n) is 3.73. The van der Waals surface area contributed by atoms with Crippen molar-refractivity contribution in [1.29, 1.82) is 0 Å². The molecule has 1 aromatic heterocycles. The highest BCUT2D eigenvalue weighted by Gasteiger charge is 2.15. The molecule has 6 nitrogen and oxygen atoms in total. The average molecular weight is 295 g/mol. The van der Waals surface area contributed by atoms with Crippen LogP contribution in [0.3, 0.4) is 0 Å². The molecule has 0 saturated heterocycles. The van der Waals surface area contributed by atoms with Crippen molar-refractivity contribution in [2.45, 2.75) is 0 Å². The molecule has 20 heavy (non-hydrogen) atoms. The second kappa shape index (κ2) is 6.72. The van der Waals surface area contributed by atoms with Crippen LogP contribution in [-0.4, -0.2) is 23.1 Å². The lowest BCUT2D eigenvalue weighted by molar-refractivity contribution is -0.390. The number of nitrogens with zero attached hydrogens (tertiary/aromatic N) is 2. The number of rotatable bonds is 6. The zero-order chi connectivity index (χ0) is 14.4. The molecule has 0 aliphatic heterocycles. The minimum absolute atomic E-state index is 0.122. The maximum absolute atomic E-state index is 10.7. The second-order valence-corrected chi connectivity index (χ2v) is 4.17. The van der Waals surface area contributed by atoms with Gasteiger partial charge in [-0.1, -0.05) is 11.6 Å². The summed E-state index contributed by atoms with van der Waals surface area (Å²) in [4.78, 5) is 13.8. The summed E-state index contributed by atoms with van der Waals surface area (Å²) >= 11 is 5.75. The first-order valence-corrected chi connectivity index (χ1v) is 6.15. The summed E-state index contributed by atoms with van der Waals surface area (Å²) in [6.07, 6.45) is 1.34. The topological polar surface area (TPSA) is 74.5 Å². The van der Waals surface area contributed by atoms with Gasteiger partial charge in [-0.15, -0.1) is 0 Å². The molecule has 7 heteroatoms. The number of nitro groups is 1. The van der Waals surface area contributed by atoms with E-state index in [0.29, 0.717) is 10.8 Å². The monoisotopic (exact) mass is 294 g/mol. The van der Waals surface area contributed by atoms with E-state index in [0.717, 1.165) is 0 Å². The van der Waals surface area contributed by atoms with Crippen molar-refractivity contribution in [3.63, 3.8) is 0 Å². The number of aromatic nitrogens is 1. The molecule has 0 spiro atoms.